The Kier molecular flexibility index (Phi) is 6.06. The van der Waals surface area contributed by atoms with Crippen molar-refractivity contribution in [2.75, 3.05) is 26.7 Å². The fraction of sp³-hybridized carbons (Fsp3) is 0.500. The van der Waals surface area contributed by atoms with Crippen LogP contribution in [0.3, 0.4) is 0 Å². The number of para-hydroxylation sites is 1. The molecule has 0 spiro atoms. The van der Waals surface area contributed by atoms with Crippen LogP contribution in [0.1, 0.15) is 30.5 Å². The lowest BCUT2D eigenvalue weighted by Crippen LogP contribution is -2.36. The number of likely N-dealkylation sites (N-methyl/N-ethyl adjacent to an activating group) is 1. The molecule has 0 saturated carbocycles. The zero-order chi connectivity index (χ0) is 18.5. The van der Waals surface area contributed by atoms with Gasteiger partial charge in [0.25, 0.3) is 0 Å². The number of likely N-dealkylation sites (tertiary alicyclic amines) is 1. The zero-order valence-corrected chi connectivity index (χ0v) is 15.6. The van der Waals surface area contributed by atoms with Gasteiger partial charge in [0.05, 0.1) is 17.9 Å². The fourth-order valence-corrected chi connectivity index (χ4v) is 3.78. The average molecular weight is 356 g/mol. The summed E-state index contributed by atoms with van der Waals surface area (Å²) in [5.74, 6) is -0.754. The third-order valence-electron chi connectivity index (χ3n) is 5.25. The Balaban J connectivity index is 1.65. The summed E-state index contributed by atoms with van der Waals surface area (Å²) in [6.45, 7) is 5.11. The van der Waals surface area contributed by atoms with Gasteiger partial charge in [0.1, 0.15) is 0 Å². The molecule has 1 aliphatic rings. The lowest BCUT2D eigenvalue weighted by Gasteiger charge is -2.25. The van der Waals surface area contributed by atoms with Gasteiger partial charge in [-0.2, -0.15) is 5.10 Å². The highest BCUT2D eigenvalue weighted by molar-refractivity contribution is 5.69. The summed E-state index contributed by atoms with van der Waals surface area (Å²) in [7, 11) is 1.92. The Bertz CT molecular complexity index is 743. The molecule has 3 rings (SSSR count). The van der Waals surface area contributed by atoms with Crippen molar-refractivity contribution in [1.29, 1.82) is 0 Å². The Morgan fingerprint density at radius 3 is 2.85 bits per heavy atom. The number of carbonyl (C=O) groups is 1. The smallest absolute Gasteiger partial charge is 0.317 e. The first-order chi connectivity index (χ1) is 12.5. The Hall–Kier alpha value is -2.18. The minimum absolute atomic E-state index is 0.116. The van der Waals surface area contributed by atoms with Gasteiger partial charge in [-0.3, -0.25) is 14.6 Å². The molecule has 2 aromatic rings. The molecule has 6 heteroatoms. The molecular formula is C20H28N4O2. The Morgan fingerprint density at radius 1 is 1.27 bits per heavy atom. The van der Waals surface area contributed by atoms with Crippen LogP contribution in [0.15, 0.2) is 36.5 Å². The summed E-state index contributed by atoms with van der Waals surface area (Å²) in [6.07, 6.45) is 5.01. The molecule has 1 aromatic heterocycles. The minimum atomic E-state index is -0.754. The second kappa shape index (κ2) is 8.47. The fourth-order valence-electron chi connectivity index (χ4n) is 3.78. The summed E-state index contributed by atoms with van der Waals surface area (Å²) in [6, 6.07) is 10.7. The molecule has 0 amide bonds. The Labute approximate surface area is 155 Å². The molecular weight excluding hydrogens is 328 g/mol. The van der Waals surface area contributed by atoms with Crippen LogP contribution in [0.25, 0.3) is 5.69 Å². The average Bonchev–Trinajstić information content (AvgIpc) is 2.91. The van der Waals surface area contributed by atoms with Crippen LogP contribution in [0.5, 0.6) is 0 Å². The monoisotopic (exact) mass is 356 g/mol. The number of hydrogen-bond acceptors (Lipinski definition) is 4. The number of aromatic nitrogens is 2. The highest BCUT2D eigenvalue weighted by Gasteiger charge is 2.22. The molecule has 1 aromatic carbocycles. The predicted molar refractivity (Wildman–Crippen MR) is 101 cm³/mol. The molecule has 0 aliphatic carbocycles. The van der Waals surface area contributed by atoms with Gasteiger partial charge in [0.2, 0.25) is 0 Å². The number of aliphatic carboxylic acids is 1. The highest BCUT2D eigenvalue weighted by Crippen LogP contribution is 2.20. The zero-order valence-electron chi connectivity index (χ0n) is 15.6. The summed E-state index contributed by atoms with van der Waals surface area (Å²) < 4.78 is 2.04. The van der Waals surface area contributed by atoms with Crippen LogP contribution in [0.2, 0.25) is 0 Å². The molecule has 1 fully saturated rings. The third-order valence-corrected chi connectivity index (χ3v) is 5.25. The van der Waals surface area contributed by atoms with Gasteiger partial charge >= 0.3 is 5.97 Å². The van der Waals surface area contributed by atoms with Gasteiger partial charge in [0.15, 0.2) is 0 Å². The number of rotatable bonds is 6. The van der Waals surface area contributed by atoms with E-state index in [0.29, 0.717) is 6.04 Å². The van der Waals surface area contributed by atoms with Gasteiger partial charge in [-0.1, -0.05) is 18.2 Å². The molecule has 1 N–H and O–H groups in total. The van der Waals surface area contributed by atoms with Crippen molar-refractivity contribution in [3.8, 4) is 5.69 Å². The van der Waals surface area contributed by atoms with Crippen molar-refractivity contribution in [2.24, 2.45) is 0 Å². The summed E-state index contributed by atoms with van der Waals surface area (Å²) in [5.41, 5.74) is 3.53. The minimum Gasteiger partial charge on any atom is -0.480 e. The first-order valence-corrected chi connectivity index (χ1v) is 9.28. The van der Waals surface area contributed by atoms with Crippen molar-refractivity contribution in [2.45, 2.75) is 38.8 Å². The SMILES string of the molecule is Cc1ccccc1-n1nccc1CN1CCCC(N(C)CC(=O)O)CC1. The quantitative estimate of drug-likeness (QED) is 0.862. The normalized spacial score (nSPS) is 18.8. The molecule has 1 unspecified atom stereocenters. The van der Waals surface area contributed by atoms with Gasteiger partial charge < -0.3 is 5.11 Å². The highest BCUT2D eigenvalue weighted by atomic mass is 16.4. The summed E-state index contributed by atoms with van der Waals surface area (Å²) in [5, 5.41) is 13.5. The number of hydrogen-bond donors (Lipinski definition) is 1. The molecule has 26 heavy (non-hydrogen) atoms. The number of carboxylic acids is 1. The van der Waals surface area contributed by atoms with E-state index in [1.165, 1.54) is 11.3 Å². The van der Waals surface area contributed by atoms with E-state index < -0.39 is 5.97 Å². The van der Waals surface area contributed by atoms with Gasteiger partial charge in [0, 0.05) is 25.3 Å². The Morgan fingerprint density at radius 2 is 2.08 bits per heavy atom. The van der Waals surface area contributed by atoms with Crippen molar-refractivity contribution in [3.05, 3.63) is 47.8 Å². The topological polar surface area (TPSA) is 61.6 Å². The summed E-state index contributed by atoms with van der Waals surface area (Å²) >= 11 is 0. The van der Waals surface area contributed by atoms with E-state index >= 15 is 0 Å². The van der Waals surface area contributed by atoms with Crippen LogP contribution in [-0.2, 0) is 11.3 Å². The maximum Gasteiger partial charge on any atom is 0.317 e. The molecule has 0 bridgehead atoms. The molecule has 1 aliphatic heterocycles. The van der Waals surface area contributed by atoms with Crippen LogP contribution in [-0.4, -0.2) is 63.4 Å². The number of aryl methyl sites for hydroxylation is 1. The maximum absolute atomic E-state index is 11.0. The van der Waals surface area contributed by atoms with Crippen molar-refractivity contribution < 1.29 is 9.90 Å². The molecule has 140 valence electrons. The number of nitrogens with zero attached hydrogens (tertiary/aromatic N) is 4. The van der Waals surface area contributed by atoms with Crippen LogP contribution in [0.4, 0.5) is 0 Å². The predicted octanol–water partition coefficient (Wildman–Crippen LogP) is 2.55. The largest absolute Gasteiger partial charge is 0.480 e. The van der Waals surface area contributed by atoms with E-state index in [0.717, 1.165) is 44.6 Å². The van der Waals surface area contributed by atoms with E-state index in [-0.39, 0.29) is 6.54 Å². The van der Waals surface area contributed by atoms with Crippen LogP contribution < -0.4 is 0 Å². The number of benzene rings is 1. The first kappa shape index (κ1) is 18.6. The van der Waals surface area contributed by atoms with Gasteiger partial charge in [-0.15, -0.1) is 0 Å². The van der Waals surface area contributed by atoms with Crippen molar-refractivity contribution in [1.82, 2.24) is 19.6 Å². The second-order valence-corrected chi connectivity index (χ2v) is 7.19. The van der Waals surface area contributed by atoms with Crippen molar-refractivity contribution in [3.63, 3.8) is 0 Å². The summed E-state index contributed by atoms with van der Waals surface area (Å²) in [4.78, 5) is 15.4. The van der Waals surface area contributed by atoms with E-state index in [2.05, 4.69) is 35.1 Å². The van der Waals surface area contributed by atoms with Gasteiger partial charge in [-0.25, -0.2) is 4.68 Å². The van der Waals surface area contributed by atoms with E-state index in [1.807, 2.05) is 35.0 Å². The van der Waals surface area contributed by atoms with Crippen molar-refractivity contribution >= 4 is 5.97 Å². The number of carboxylic acid groups (broad SMARTS) is 1. The molecule has 1 atom stereocenters. The van der Waals surface area contributed by atoms with Crippen LogP contribution >= 0.6 is 0 Å². The second-order valence-electron chi connectivity index (χ2n) is 7.19. The van der Waals surface area contributed by atoms with Gasteiger partial charge in [-0.05, 0) is 57.5 Å². The van der Waals surface area contributed by atoms with E-state index in [1.54, 1.807) is 0 Å². The lowest BCUT2D eigenvalue weighted by atomic mass is 10.1. The van der Waals surface area contributed by atoms with E-state index in [9.17, 15) is 4.79 Å². The first-order valence-electron chi connectivity index (χ1n) is 9.28. The third kappa shape index (κ3) is 4.51. The lowest BCUT2D eigenvalue weighted by molar-refractivity contribution is -0.138. The standard InChI is InChI=1S/C20H28N4O2/c1-16-6-3-4-8-19(16)24-18(9-11-21-24)14-23-12-5-7-17(10-13-23)22(2)15-20(25)26/h3-4,6,8-9,11,17H,5,7,10,12-15H2,1-2H3,(H,25,26). The molecule has 6 nitrogen and oxygen atoms in total. The maximum atomic E-state index is 11.0. The van der Waals surface area contributed by atoms with Crippen LogP contribution in [0, 0.1) is 6.92 Å². The van der Waals surface area contributed by atoms with E-state index in [4.69, 9.17) is 5.11 Å². The molecule has 1 saturated heterocycles. The molecule has 0 radical (unpaired) electrons. The molecule has 2 heterocycles.